The number of nitrogens with zero attached hydrogens (tertiary/aromatic N) is 2. The third-order valence-electron chi connectivity index (χ3n) is 3.29. The third-order valence-corrected chi connectivity index (χ3v) is 3.29. The molecule has 1 rings (SSSR count). The summed E-state index contributed by atoms with van der Waals surface area (Å²) in [5, 5.41) is 2.47. The maximum atomic E-state index is 13.7. The van der Waals surface area contributed by atoms with Gasteiger partial charge in [-0.1, -0.05) is 40.0 Å². The molecule has 1 N–H and O–H groups in total. The monoisotopic (exact) mass is 329 g/mol. The van der Waals surface area contributed by atoms with E-state index in [0.29, 0.717) is 17.3 Å². The third kappa shape index (κ3) is 4.61. The maximum Gasteiger partial charge on any atom is 0.346 e. The highest BCUT2D eigenvalue weighted by Crippen LogP contribution is 1.98. The zero-order valence-corrected chi connectivity index (χ0v) is 13.6. The van der Waals surface area contributed by atoms with Gasteiger partial charge in [0.2, 0.25) is 11.7 Å². The number of unbranched alkanes of at least 4 members (excludes halogenated alkanes) is 3. The van der Waals surface area contributed by atoms with E-state index in [9.17, 15) is 23.6 Å². The van der Waals surface area contributed by atoms with Crippen LogP contribution >= 0.6 is 0 Å². The van der Waals surface area contributed by atoms with Crippen LogP contribution in [0, 0.1) is 11.7 Å². The molecule has 0 atom stereocenters. The molecule has 1 amide bonds. The number of rotatable bonds is 6. The molecule has 0 spiro atoms. The number of hydrogen-bond acceptors (Lipinski definition) is 4. The molecule has 0 fully saturated rings. The predicted molar refractivity (Wildman–Crippen MR) is 85.4 cm³/mol. The Hall–Kier alpha value is -2.25. The van der Waals surface area contributed by atoms with Crippen molar-refractivity contribution in [3.63, 3.8) is 0 Å². The van der Waals surface area contributed by atoms with E-state index in [-0.39, 0.29) is 5.99 Å². The Bertz CT molecular complexity index is 697. The molecule has 0 aliphatic carbocycles. The summed E-state index contributed by atoms with van der Waals surface area (Å²) in [7, 11) is 0. The van der Waals surface area contributed by atoms with Crippen molar-refractivity contribution in [2.45, 2.75) is 46.5 Å². The summed E-state index contributed by atoms with van der Waals surface area (Å²) in [6.07, 6.45) is 4.22. The van der Waals surface area contributed by atoms with Gasteiger partial charge in [-0.15, -0.1) is 0 Å². The topological polar surface area (TPSA) is 90.2 Å². The van der Waals surface area contributed by atoms with Crippen molar-refractivity contribution in [3.05, 3.63) is 32.9 Å². The van der Waals surface area contributed by atoms with Crippen LogP contribution in [0.15, 0.2) is 15.8 Å². The molecule has 1 heterocycles. The Morgan fingerprint density at radius 2 is 1.91 bits per heavy atom. The number of nitrogens with one attached hydrogen (secondary N) is 1. The van der Waals surface area contributed by atoms with Crippen molar-refractivity contribution in [1.82, 2.24) is 14.5 Å². The number of halogens is 1. The molecule has 1 aromatic heterocycles. The van der Waals surface area contributed by atoms with E-state index in [1.807, 2.05) is 0 Å². The fourth-order valence-corrected chi connectivity index (χ4v) is 1.96. The van der Waals surface area contributed by atoms with E-state index in [4.69, 9.17) is 0 Å². The summed E-state index contributed by atoms with van der Waals surface area (Å²) in [6.45, 7) is 5.31. The molecule has 7 nitrogen and oxygen atoms in total. The molecule has 8 heteroatoms. The maximum absolute atomic E-state index is 13.7. The van der Waals surface area contributed by atoms with Gasteiger partial charge in [-0.3, -0.25) is 9.59 Å². The standard InChI is InChI=1S/C15H22FN3O4.H2/c1-4-5-6-7-8-17-14(22)18-9-11(16)13(21)19(15(18)23)12(20)10(2)3;/h9-10H,4-8H2,1-3H3,(H,17,22);1H. The lowest BCUT2D eigenvalue weighted by Gasteiger charge is -2.11. The Labute approximate surface area is 134 Å². The molecular formula is C15H24FN3O4. The Morgan fingerprint density at radius 3 is 2.48 bits per heavy atom. The van der Waals surface area contributed by atoms with Gasteiger partial charge in [0.1, 0.15) is 0 Å². The fraction of sp³-hybridized carbons (Fsp3) is 0.600. The Morgan fingerprint density at radius 1 is 1.26 bits per heavy atom. The van der Waals surface area contributed by atoms with Gasteiger partial charge >= 0.3 is 11.7 Å². The average Bonchev–Trinajstić information content (AvgIpc) is 2.50. The molecule has 0 aliphatic rings. The molecule has 130 valence electrons. The SMILES string of the molecule is CCCCCCNC(=O)n1cc(F)c(=O)n(C(=O)C(C)C)c1=O.[HH]. The first-order valence-electron chi connectivity index (χ1n) is 7.67. The summed E-state index contributed by atoms with van der Waals surface area (Å²) < 4.78 is 14.2. The molecule has 1 aromatic rings. The summed E-state index contributed by atoms with van der Waals surface area (Å²) in [5.74, 6) is -2.88. The number of carbonyl (C=O) groups excluding carboxylic acids is 2. The summed E-state index contributed by atoms with van der Waals surface area (Å²) in [5.41, 5.74) is -2.51. The lowest BCUT2D eigenvalue weighted by molar-refractivity contribution is 0.0841. The van der Waals surface area contributed by atoms with Crippen LogP contribution in [-0.2, 0) is 0 Å². The first-order chi connectivity index (χ1) is 10.8. The van der Waals surface area contributed by atoms with Crippen LogP contribution in [0.5, 0.6) is 0 Å². The summed E-state index contributed by atoms with van der Waals surface area (Å²) >= 11 is 0. The zero-order chi connectivity index (χ0) is 17.6. The van der Waals surface area contributed by atoms with Gasteiger partial charge in [-0.2, -0.15) is 8.96 Å². The highest BCUT2D eigenvalue weighted by atomic mass is 19.1. The van der Waals surface area contributed by atoms with Crippen LogP contribution in [0.4, 0.5) is 9.18 Å². The molecule has 0 aromatic carbocycles. The second-order valence-electron chi connectivity index (χ2n) is 5.56. The van der Waals surface area contributed by atoms with Crippen molar-refractivity contribution in [2.24, 2.45) is 5.92 Å². The number of aromatic nitrogens is 2. The van der Waals surface area contributed by atoms with Gasteiger partial charge in [0.25, 0.3) is 5.56 Å². The van der Waals surface area contributed by atoms with E-state index >= 15 is 0 Å². The second kappa shape index (κ2) is 8.40. The molecule has 0 saturated carbocycles. The summed E-state index contributed by atoms with van der Waals surface area (Å²) in [6, 6.07) is -0.865. The van der Waals surface area contributed by atoms with E-state index < -0.39 is 34.9 Å². The minimum Gasteiger partial charge on any atom is -0.337 e. The van der Waals surface area contributed by atoms with Crippen LogP contribution in [0.2, 0.25) is 0 Å². The molecule has 0 aliphatic heterocycles. The molecule has 0 bridgehead atoms. The minimum absolute atomic E-state index is 0. The largest absolute Gasteiger partial charge is 0.346 e. The highest BCUT2D eigenvalue weighted by Gasteiger charge is 2.21. The quantitative estimate of drug-likeness (QED) is 0.806. The summed E-state index contributed by atoms with van der Waals surface area (Å²) in [4.78, 5) is 47.7. The van der Waals surface area contributed by atoms with Gasteiger partial charge in [0, 0.05) is 13.9 Å². The zero-order valence-electron chi connectivity index (χ0n) is 13.6. The lowest BCUT2D eigenvalue weighted by atomic mass is 10.2. The van der Waals surface area contributed by atoms with Gasteiger partial charge in [0.15, 0.2) is 0 Å². The van der Waals surface area contributed by atoms with Gasteiger partial charge in [-0.05, 0) is 6.42 Å². The van der Waals surface area contributed by atoms with Crippen molar-refractivity contribution < 1.29 is 15.4 Å². The van der Waals surface area contributed by atoms with Crippen LogP contribution < -0.4 is 16.6 Å². The fourth-order valence-electron chi connectivity index (χ4n) is 1.96. The van der Waals surface area contributed by atoms with E-state index in [0.717, 1.165) is 25.7 Å². The van der Waals surface area contributed by atoms with Crippen molar-refractivity contribution in [3.8, 4) is 0 Å². The van der Waals surface area contributed by atoms with E-state index in [1.165, 1.54) is 13.8 Å². The molecule has 23 heavy (non-hydrogen) atoms. The molecular weight excluding hydrogens is 305 g/mol. The number of carbonyl (C=O) groups is 2. The predicted octanol–water partition coefficient (Wildman–Crippen LogP) is 1.83. The van der Waals surface area contributed by atoms with Crippen LogP contribution in [-0.4, -0.2) is 27.6 Å². The Balaban J connectivity index is 0.00000529. The van der Waals surface area contributed by atoms with E-state index in [2.05, 4.69) is 12.2 Å². The highest BCUT2D eigenvalue weighted by molar-refractivity contribution is 5.81. The van der Waals surface area contributed by atoms with Crippen LogP contribution in [0.1, 0.15) is 52.7 Å². The van der Waals surface area contributed by atoms with Gasteiger partial charge in [0.05, 0.1) is 6.20 Å². The van der Waals surface area contributed by atoms with Crippen molar-refractivity contribution >= 4 is 11.9 Å². The Kier molecular flexibility index (Phi) is 6.87. The van der Waals surface area contributed by atoms with Crippen LogP contribution in [0.25, 0.3) is 0 Å². The molecule has 0 radical (unpaired) electrons. The van der Waals surface area contributed by atoms with Crippen molar-refractivity contribution in [1.29, 1.82) is 0 Å². The first-order valence-corrected chi connectivity index (χ1v) is 7.67. The average molecular weight is 329 g/mol. The molecule has 0 unspecified atom stereocenters. The van der Waals surface area contributed by atoms with E-state index in [1.54, 1.807) is 0 Å². The second-order valence-corrected chi connectivity index (χ2v) is 5.56. The lowest BCUT2D eigenvalue weighted by Crippen LogP contribution is -2.49. The molecule has 0 saturated heterocycles. The number of hydrogen-bond donors (Lipinski definition) is 1. The normalized spacial score (nSPS) is 10.8. The number of amides is 1. The minimum atomic E-state index is -1.35. The van der Waals surface area contributed by atoms with Gasteiger partial charge in [-0.25, -0.2) is 14.2 Å². The van der Waals surface area contributed by atoms with Crippen molar-refractivity contribution in [2.75, 3.05) is 6.54 Å². The van der Waals surface area contributed by atoms with Gasteiger partial charge < -0.3 is 5.32 Å². The van der Waals surface area contributed by atoms with Crippen LogP contribution in [0.3, 0.4) is 0 Å². The first kappa shape index (κ1) is 18.8. The smallest absolute Gasteiger partial charge is 0.337 e.